The third kappa shape index (κ3) is 2.14. The number of rotatable bonds is 0. The molecule has 6 aliphatic rings. The molecule has 3 aliphatic carbocycles. The number of aryl methyl sites for hydroxylation is 1. The van der Waals surface area contributed by atoms with Crippen molar-refractivity contribution < 1.29 is 38.8 Å². The molecule has 0 bridgehead atoms. The molecular weight excluding hydrogens is 526 g/mol. The van der Waals surface area contributed by atoms with Gasteiger partial charge in [0.15, 0.2) is 17.7 Å². The van der Waals surface area contributed by atoms with Crippen molar-refractivity contribution in [1.29, 1.82) is 0 Å². The molecule has 9 heteroatoms. The van der Waals surface area contributed by atoms with Gasteiger partial charge in [-0.15, -0.1) is 0 Å². The Kier molecular flexibility index (Phi) is 3.71. The minimum absolute atomic E-state index is 0.00438. The lowest BCUT2D eigenvalue weighted by Crippen LogP contribution is -2.60. The Bertz CT molecular complexity index is 1940. The number of benzene rings is 3. The highest BCUT2D eigenvalue weighted by atomic mass is 16.7. The Morgan fingerprint density at radius 2 is 1.66 bits per heavy atom. The van der Waals surface area contributed by atoms with Crippen molar-refractivity contribution in [2.45, 2.75) is 49.8 Å². The van der Waals surface area contributed by atoms with E-state index in [0.717, 1.165) is 0 Å². The summed E-state index contributed by atoms with van der Waals surface area (Å²) in [5.41, 5.74) is 6.80. The van der Waals surface area contributed by atoms with Crippen LogP contribution in [0, 0.1) is 12.8 Å². The first-order chi connectivity index (χ1) is 19.5. The molecule has 41 heavy (non-hydrogen) atoms. The molecule has 3 heterocycles. The smallest absolute Gasteiger partial charge is 0.253 e. The van der Waals surface area contributed by atoms with Gasteiger partial charge in [0.25, 0.3) is 5.79 Å². The average Bonchev–Trinajstić information content (AvgIpc) is 3.42. The van der Waals surface area contributed by atoms with Crippen LogP contribution in [0.1, 0.15) is 67.9 Å². The molecule has 9 rings (SSSR count). The quantitative estimate of drug-likeness (QED) is 0.281. The Labute approximate surface area is 233 Å². The van der Waals surface area contributed by atoms with Crippen LogP contribution in [0.5, 0.6) is 17.2 Å². The molecule has 6 atom stereocenters. The van der Waals surface area contributed by atoms with Crippen LogP contribution in [0.3, 0.4) is 0 Å². The summed E-state index contributed by atoms with van der Waals surface area (Å²) in [6.45, 7) is 5.49. The number of phenolic OH excluding ortho intramolecular Hbond substituents is 2. The molecule has 3 aliphatic heterocycles. The molecule has 3 fully saturated rings. The first kappa shape index (κ1) is 23.3. The maximum absolute atomic E-state index is 14.1. The number of nitrogens with two attached hydrogens (primary N) is 1. The van der Waals surface area contributed by atoms with E-state index in [2.05, 4.69) is 0 Å². The van der Waals surface area contributed by atoms with E-state index in [1.807, 2.05) is 13.8 Å². The van der Waals surface area contributed by atoms with Crippen molar-refractivity contribution in [3.63, 3.8) is 0 Å². The van der Waals surface area contributed by atoms with Crippen LogP contribution in [0.2, 0.25) is 0 Å². The zero-order chi connectivity index (χ0) is 28.5. The van der Waals surface area contributed by atoms with Crippen molar-refractivity contribution >= 4 is 23.0 Å². The lowest BCUT2D eigenvalue weighted by atomic mass is 9.50. The number of ether oxygens (including phenoxy) is 3. The van der Waals surface area contributed by atoms with Gasteiger partial charge in [0, 0.05) is 39.3 Å². The highest BCUT2D eigenvalue weighted by Gasteiger charge is 2.87. The normalized spacial score (nSPS) is 34.6. The molecule has 204 valence electrons. The van der Waals surface area contributed by atoms with E-state index >= 15 is 0 Å². The van der Waals surface area contributed by atoms with Gasteiger partial charge in [-0.3, -0.25) is 14.4 Å². The zero-order valence-corrected chi connectivity index (χ0v) is 22.2. The topological polar surface area (TPSA) is 149 Å². The van der Waals surface area contributed by atoms with Crippen LogP contribution in [-0.2, 0) is 25.5 Å². The third-order valence-electron chi connectivity index (χ3n) is 10.1. The zero-order valence-electron chi connectivity index (χ0n) is 22.2. The lowest BCUT2D eigenvalue weighted by Gasteiger charge is -2.48. The summed E-state index contributed by atoms with van der Waals surface area (Å²) in [7, 11) is 0. The summed E-state index contributed by atoms with van der Waals surface area (Å²) >= 11 is 0. The number of Topliss-reactive ketones (excluding diaryl/α,β-unsaturated/α-hetero) is 1. The van der Waals surface area contributed by atoms with E-state index in [1.54, 1.807) is 37.3 Å². The van der Waals surface area contributed by atoms with Gasteiger partial charge in [0.05, 0.1) is 22.9 Å². The number of carbonyl (C=O) groups is 3. The minimum atomic E-state index is -1.69. The predicted molar refractivity (Wildman–Crippen MR) is 142 cm³/mol. The molecule has 4 N–H and O–H groups in total. The number of fused-ring (bicyclic) bond motifs is 7. The van der Waals surface area contributed by atoms with E-state index in [4.69, 9.17) is 19.9 Å². The second-order valence-electron chi connectivity index (χ2n) is 12.1. The van der Waals surface area contributed by atoms with E-state index < -0.39 is 46.5 Å². The maximum atomic E-state index is 14.1. The largest absolute Gasteiger partial charge is 0.507 e. The number of carbonyl (C=O) groups excluding carboxylic acids is 3. The summed E-state index contributed by atoms with van der Waals surface area (Å²) in [4.78, 5) is 42.0. The van der Waals surface area contributed by atoms with Crippen LogP contribution in [-0.4, -0.2) is 45.4 Å². The molecule has 0 unspecified atom stereocenters. The number of phenols is 2. The summed E-state index contributed by atoms with van der Waals surface area (Å²) in [5.74, 6) is -3.80. The van der Waals surface area contributed by atoms with E-state index in [-0.39, 0.29) is 62.1 Å². The SMILES string of the molecule is Cc1cc(O)c2c(c1)C(=O)c1ccc3c(c1C2=O)O[C@@]12O[C@H](C)[C@H]4[C@@]5(C)O[C@H]5C(=O)C(=C(N)c5c(O)cccc51)[C@]342. The number of ketones is 3. The molecule has 1 saturated carbocycles. The van der Waals surface area contributed by atoms with Crippen LogP contribution in [0.4, 0.5) is 0 Å². The van der Waals surface area contributed by atoms with Gasteiger partial charge >= 0.3 is 0 Å². The number of hydrogen-bond acceptors (Lipinski definition) is 9. The van der Waals surface area contributed by atoms with E-state index in [9.17, 15) is 24.6 Å². The first-order valence-electron chi connectivity index (χ1n) is 13.5. The van der Waals surface area contributed by atoms with Gasteiger partial charge in [-0.2, -0.15) is 0 Å². The van der Waals surface area contributed by atoms with Gasteiger partial charge in [0.1, 0.15) is 28.3 Å². The summed E-state index contributed by atoms with van der Waals surface area (Å²) in [6, 6.07) is 11.2. The molecule has 0 amide bonds. The molecule has 3 aromatic carbocycles. The second-order valence-corrected chi connectivity index (χ2v) is 12.1. The molecular formula is C32H23NO8. The molecule has 2 saturated heterocycles. The van der Waals surface area contributed by atoms with E-state index in [1.165, 1.54) is 12.1 Å². The second kappa shape index (κ2) is 6.53. The first-order valence-corrected chi connectivity index (χ1v) is 13.5. The molecule has 0 aromatic heterocycles. The Hall–Kier alpha value is -4.47. The fourth-order valence-corrected chi connectivity index (χ4v) is 8.79. The van der Waals surface area contributed by atoms with Crippen LogP contribution >= 0.6 is 0 Å². The van der Waals surface area contributed by atoms with Crippen LogP contribution in [0.15, 0.2) is 48.0 Å². The Morgan fingerprint density at radius 3 is 2.44 bits per heavy atom. The fraction of sp³-hybridized carbons (Fsp3) is 0.281. The average molecular weight is 550 g/mol. The molecule has 0 radical (unpaired) electrons. The van der Waals surface area contributed by atoms with Gasteiger partial charge in [-0.05, 0) is 50.6 Å². The highest BCUT2D eigenvalue weighted by molar-refractivity contribution is 6.30. The van der Waals surface area contributed by atoms with Crippen LogP contribution in [0.25, 0.3) is 5.70 Å². The van der Waals surface area contributed by atoms with Crippen molar-refractivity contribution in [3.05, 3.63) is 92.5 Å². The van der Waals surface area contributed by atoms with Crippen LogP contribution < -0.4 is 10.5 Å². The summed E-state index contributed by atoms with van der Waals surface area (Å²) in [5, 5.41) is 21.8. The molecule has 3 aromatic rings. The van der Waals surface area contributed by atoms with Crippen molar-refractivity contribution in [2.24, 2.45) is 11.7 Å². The van der Waals surface area contributed by atoms with E-state index in [0.29, 0.717) is 16.7 Å². The van der Waals surface area contributed by atoms with Crippen molar-refractivity contribution in [2.75, 3.05) is 0 Å². The Morgan fingerprint density at radius 1 is 0.878 bits per heavy atom. The standard InChI is InChI=1S/C32H23NO8/c1-11-9-14-19(18(35)10-11)25(37)20-13(24(14)36)7-8-16-27(20)40-32-15-5-4-6-17(34)21(15)23(33)22-26(38)29-30(3,41-29)28(12(2)39-32)31(16,22)32/h4-10,12,28-29,34-35H,33H2,1-3H3/t12-,28+,29+,30-,31-,32+/m1/s1. The maximum Gasteiger partial charge on any atom is 0.253 e. The molecule has 1 spiro atoms. The van der Waals surface area contributed by atoms with Gasteiger partial charge < -0.3 is 30.2 Å². The number of hydrogen-bond donors (Lipinski definition) is 3. The predicted octanol–water partition coefficient (Wildman–Crippen LogP) is 3.12. The fourth-order valence-electron chi connectivity index (χ4n) is 8.79. The molecule has 9 nitrogen and oxygen atoms in total. The minimum Gasteiger partial charge on any atom is -0.507 e. The van der Waals surface area contributed by atoms with Gasteiger partial charge in [-0.25, -0.2) is 0 Å². The van der Waals surface area contributed by atoms with Crippen molar-refractivity contribution in [3.8, 4) is 17.2 Å². The van der Waals surface area contributed by atoms with Crippen molar-refractivity contribution in [1.82, 2.24) is 0 Å². The van der Waals surface area contributed by atoms with Gasteiger partial charge in [-0.1, -0.05) is 18.2 Å². The van der Waals surface area contributed by atoms with Gasteiger partial charge in [0.2, 0.25) is 5.78 Å². The lowest BCUT2D eigenvalue weighted by molar-refractivity contribution is -0.189. The number of epoxide rings is 1. The summed E-state index contributed by atoms with van der Waals surface area (Å²) < 4.78 is 19.7. The highest BCUT2D eigenvalue weighted by Crippen LogP contribution is 2.77. The summed E-state index contributed by atoms with van der Waals surface area (Å²) in [6.07, 6.45) is -1.22. The number of aromatic hydroxyl groups is 2. The Balaban J connectivity index is 1.42. The monoisotopic (exact) mass is 549 g/mol. The third-order valence-corrected chi connectivity index (χ3v) is 10.1.